The molecule has 4 heterocycles. The maximum atomic E-state index is 4.82. The van der Waals surface area contributed by atoms with E-state index in [1.54, 1.807) is 0 Å². The fourth-order valence-electron chi connectivity index (χ4n) is 3.64. The van der Waals surface area contributed by atoms with Gasteiger partial charge in [0, 0.05) is 43.0 Å². The minimum Gasteiger partial charge on any atom is -0.339 e. The summed E-state index contributed by atoms with van der Waals surface area (Å²) in [6.45, 7) is 1.93. The summed E-state index contributed by atoms with van der Waals surface area (Å²) < 4.78 is 1.89. The van der Waals surface area contributed by atoms with Crippen LogP contribution in [0.25, 0.3) is 5.52 Å². The molecule has 26 heavy (non-hydrogen) atoms. The summed E-state index contributed by atoms with van der Waals surface area (Å²) in [5.41, 5.74) is 2.16. The zero-order chi connectivity index (χ0) is 17.5. The molecule has 3 N–H and O–H groups in total. The van der Waals surface area contributed by atoms with Gasteiger partial charge in [0.15, 0.2) is 11.6 Å². The van der Waals surface area contributed by atoms with Gasteiger partial charge in [-0.1, -0.05) is 0 Å². The van der Waals surface area contributed by atoms with Crippen molar-refractivity contribution in [2.45, 2.75) is 37.6 Å². The molecule has 1 saturated heterocycles. The molecule has 3 aromatic heterocycles. The monoisotopic (exact) mass is 352 g/mol. The normalized spacial score (nSPS) is 18.6. The van der Waals surface area contributed by atoms with Gasteiger partial charge in [0.2, 0.25) is 5.95 Å². The number of nitrogens with zero attached hydrogens (tertiary/aromatic N) is 5. The Morgan fingerprint density at radius 2 is 2.04 bits per heavy atom. The zero-order valence-corrected chi connectivity index (χ0v) is 14.9. The highest BCUT2D eigenvalue weighted by atomic mass is 15.4. The standard InChI is InChI=1S/C18H24N8/c1-19-13-6-9-25(10-7-13)18-21-17(15-3-2-8-26(15)24-18)20-16-11-14(22-23-16)12-4-5-12/h2-3,8,11-13,19H,4-7,9-10H2,1H3,(H2,20,21,22,23,24). The Morgan fingerprint density at radius 3 is 2.81 bits per heavy atom. The number of H-pyrrole nitrogens is 1. The summed E-state index contributed by atoms with van der Waals surface area (Å²) in [7, 11) is 2.03. The number of hydrogen-bond acceptors (Lipinski definition) is 6. The largest absolute Gasteiger partial charge is 0.339 e. The molecular formula is C18H24N8. The summed E-state index contributed by atoms with van der Waals surface area (Å²) in [5.74, 6) is 3.03. The van der Waals surface area contributed by atoms with Crippen LogP contribution >= 0.6 is 0 Å². The lowest BCUT2D eigenvalue weighted by molar-refractivity contribution is 0.438. The first-order valence-corrected chi connectivity index (χ1v) is 9.40. The second-order valence-corrected chi connectivity index (χ2v) is 7.26. The molecule has 0 unspecified atom stereocenters. The molecule has 0 bridgehead atoms. The van der Waals surface area contributed by atoms with Gasteiger partial charge < -0.3 is 15.5 Å². The Hall–Kier alpha value is -2.61. The van der Waals surface area contributed by atoms with E-state index in [0.717, 1.165) is 49.0 Å². The number of fused-ring (bicyclic) bond motifs is 1. The Labute approximate surface area is 152 Å². The van der Waals surface area contributed by atoms with E-state index in [9.17, 15) is 0 Å². The van der Waals surface area contributed by atoms with E-state index in [4.69, 9.17) is 10.1 Å². The number of rotatable bonds is 5. The third-order valence-electron chi connectivity index (χ3n) is 5.43. The van der Waals surface area contributed by atoms with E-state index < -0.39 is 0 Å². The van der Waals surface area contributed by atoms with Crippen LogP contribution in [0.5, 0.6) is 0 Å². The van der Waals surface area contributed by atoms with Gasteiger partial charge in [-0.05, 0) is 44.9 Å². The third-order valence-corrected chi connectivity index (χ3v) is 5.43. The molecule has 136 valence electrons. The Balaban J connectivity index is 1.43. The number of hydrogen-bond donors (Lipinski definition) is 3. The van der Waals surface area contributed by atoms with Crippen LogP contribution in [0.15, 0.2) is 24.4 Å². The van der Waals surface area contributed by atoms with Crippen molar-refractivity contribution in [2.24, 2.45) is 0 Å². The smallest absolute Gasteiger partial charge is 0.245 e. The average molecular weight is 352 g/mol. The van der Waals surface area contributed by atoms with Gasteiger partial charge in [0.05, 0.1) is 0 Å². The van der Waals surface area contributed by atoms with Crippen LogP contribution in [-0.4, -0.2) is 51.0 Å². The molecule has 0 amide bonds. The molecule has 1 aliphatic carbocycles. The lowest BCUT2D eigenvalue weighted by atomic mass is 10.1. The Bertz CT molecular complexity index is 901. The van der Waals surface area contributed by atoms with E-state index in [-0.39, 0.29) is 0 Å². The first-order chi connectivity index (χ1) is 12.8. The molecule has 0 spiro atoms. The van der Waals surface area contributed by atoms with E-state index in [1.807, 2.05) is 29.9 Å². The molecular weight excluding hydrogens is 328 g/mol. The molecule has 0 aromatic carbocycles. The molecule has 2 aliphatic rings. The quantitative estimate of drug-likeness (QED) is 0.653. The second-order valence-electron chi connectivity index (χ2n) is 7.26. The van der Waals surface area contributed by atoms with Gasteiger partial charge in [0.1, 0.15) is 5.52 Å². The van der Waals surface area contributed by atoms with E-state index in [1.165, 1.54) is 18.5 Å². The summed E-state index contributed by atoms with van der Waals surface area (Å²) in [6, 6.07) is 6.70. The van der Waals surface area contributed by atoms with Crippen molar-refractivity contribution in [3.05, 3.63) is 30.1 Å². The fourth-order valence-corrected chi connectivity index (χ4v) is 3.64. The Kier molecular flexibility index (Phi) is 3.77. The highest BCUT2D eigenvalue weighted by molar-refractivity contribution is 5.73. The van der Waals surface area contributed by atoms with E-state index in [2.05, 4.69) is 31.8 Å². The molecule has 1 saturated carbocycles. The Morgan fingerprint density at radius 1 is 1.19 bits per heavy atom. The SMILES string of the molecule is CNC1CCN(c2nc(Nc3cc(C4CC4)[nH]n3)c3cccn3n2)CC1. The van der Waals surface area contributed by atoms with Crippen molar-refractivity contribution in [2.75, 3.05) is 30.4 Å². The van der Waals surface area contributed by atoms with Crippen LogP contribution in [0.4, 0.5) is 17.6 Å². The van der Waals surface area contributed by atoms with Crippen molar-refractivity contribution in [3.8, 4) is 0 Å². The summed E-state index contributed by atoms with van der Waals surface area (Å²) in [5, 5.41) is 19.0. The van der Waals surface area contributed by atoms with Gasteiger partial charge in [-0.3, -0.25) is 5.10 Å². The van der Waals surface area contributed by atoms with Crippen molar-refractivity contribution in [1.82, 2.24) is 30.1 Å². The van der Waals surface area contributed by atoms with E-state index >= 15 is 0 Å². The van der Waals surface area contributed by atoms with Crippen LogP contribution in [0.2, 0.25) is 0 Å². The van der Waals surface area contributed by atoms with Crippen LogP contribution in [0, 0.1) is 0 Å². The minimum absolute atomic E-state index is 0.587. The molecule has 8 nitrogen and oxygen atoms in total. The molecule has 8 heteroatoms. The van der Waals surface area contributed by atoms with Gasteiger partial charge in [-0.25, -0.2) is 4.52 Å². The third kappa shape index (κ3) is 2.90. The number of nitrogens with one attached hydrogen (secondary N) is 3. The van der Waals surface area contributed by atoms with Gasteiger partial charge in [-0.15, -0.1) is 5.10 Å². The van der Waals surface area contributed by atoms with Crippen LogP contribution in [0.1, 0.15) is 37.3 Å². The number of aromatic amines is 1. The average Bonchev–Trinajstić information content (AvgIpc) is 3.23. The molecule has 5 rings (SSSR count). The van der Waals surface area contributed by atoms with E-state index in [0.29, 0.717) is 12.0 Å². The lowest BCUT2D eigenvalue weighted by Gasteiger charge is -2.31. The van der Waals surface area contributed by atoms with Crippen LogP contribution < -0.4 is 15.5 Å². The molecule has 2 fully saturated rings. The molecule has 0 radical (unpaired) electrons. The van der Waals surface area contributed by atoms with Gasteiger partial charge >= 0.3 is 0 Å². The van der Waals surface area contributed by atoms with Crippen molar-refractivity contribution in [1.29, 1.82) is 0 Å². The predicted molar refractivity (Wildman–Crippen MR) is 101 cm³/mol. The zero-order valence-electron chi connectivity index (χ0n) is 14.9. The van der Waals surface area contributed by atoms with Crippen molar-refractivity contribution in [3.63, 3.8) is 0 Å². The van der Waals surface area contributed by atoms with Crippen LogP contribution in [0.3, 0.4) is 0 Å². The van der Waals surface area contributed by atoms with Crippen LogP contribution in [-0.2, 0) is 0 Å². The predicted octanol–water partition coefficient (Wildman–Crippen LogP) is 2.26. The van der Waals surface area contributed by atoms with Gasteiger partial charge in [-0.2, -0.15) is 10.1 Å². The fraction of sp³-hybridized carbons (Fsp3) is 0.500. The van der Waals surface area contributed by atoms with Crippen molar-refractivity contribution >= 4 is 23.1 Å². The maximum Gasteiger partial charge on any atom is 0.245 e. The lowest BCUT2D eigenvalue weighted by Crippen LogP contribution is -2.42. The highest BCUT2D eigenvalue weighted by Crippen LogP contribution is 2.39. The molecule has 1 aliphatic heterocycles. The summed E-state index contributed by atoms with van der Waals surface area (Å²) in [4.78, 5) is 7.08. The molecule has 0 atom stereocenters. The summed E-state index contributed by atoms with van der Waals surface area (Å²) in [6.07, 6.45) is 6.69. The first-order valence-electron chi connectivity index (χ1n) is 9.40. The first kappa shape index (κ1) is 15.6. The topological polar surface area (TPSA) is 86.2 Å². The highest BCUT2D eigenvalue weighted by Gasteiger charge is 2.26. The second kappa shape index (κ2) is 6.28. The molecule has 3 aromatic rings. The number of piperidine rings is 1. The van der Waals surface area contributed by atoms with Crippen molar-refractivity contribution < 1.29 is 0 Å². The minimum atomic E-state index is 0.587. The number of anilines is 3. The number of aromatic nitrogens is 5. The van der Waals surface area contributed by atoms with Gasteiger partial charge in [0.25, 0.3) is 0 Å². The summed E-state index contributed by atoms with van der Waals surface area (Å²) >= 11 is 0. The maximum absolute atomic E-state index is 4.82.